The Morgan fingerprint density at radius 1 is 1.53 bits per heavy atom. The lowest BCUT2D eigenvalue weighted by atomic mass is 10.2. The van der Waals surface area contributed by atoms with E-state index in [1.54, 1.807) is 6.07 Å². The number of benzene rings is 1. The Labute approximate surface area is 85.0 Å². The highest BCUT2D eigenvalue weighted by Gasteiger charge is 2.08. The zero-order valence-electron chi connectivity index (χ0n) is 8.15. The number of aryl methyl sites for hydroxylation is 1. The number of aromatic carboxylic acids is 1. The fraction of sp³-hybridized carbons (Fsp3) is 0.200. The molecule has 2 aromatic rings. The van der Waals surface area contributed by atoms with Gasteiger partial charge in [-0.25, -0.2) is 9.59 Å². The van der Waals surface area contributed by atoms with E-state index in [9.17, 15) is 9.59 Å². The minimum atomic E-state index is -0.992. The standard InChI is InChI=1S/C10H10N2O3/c1-2-12-8-5-6(9(13)14)3-4-7(8)11-10(12)15/h3-5H,2H2,1H3,(H,11,15)(H,13,14). The molecule has 1 heterocycles. The monoisotopic (exact) mass is 206 g/mol. The van der Waals surface area contributed by atoms with Crippen molar-refractivity contribution >= 4 is 17.0 Å². The van der Waals surface area contributed by atoms with Gasteiger partial charge in [-0.2, -0.15) is 0 Å². The van der Waals surface area contributed by atoms with E-state index in [1.165, 1.54) is 16.7 Å². The molecule has 0 aliphatic rings. The van der Waals surface area contributed by atoms with Gasteiger partial charge in [0.1, 0.15) is 0 Å². The molecular weight excluding hydrogens is 196 g/mol. The minimum absolute atomic E-state index is 0.184. The fourth-order valence-corrected chi connectivity index (χ4v) is 1.60. The highest BCUT2D eigenvalue weighted by molar-refractivity contribution is 5.92. The molecule has 0 unspecified atom stereocenters. The van der Waals surface area contributed by atoms with Crippen LogP contribution in [0.2, 0.25) is 0 Å². The van der Waals surface area contributed by atoms with Crippen molar-refractivity contribution in [3.05, 3.63) is 34.2 Å². The molecule has 0 fully saturated rings. The van der Waals surface area contributed by atoms with Crippen molar-refractivity contribution in [2.45, 2.75) is 13.5 Å². The lowest BCUT2D eigenvalue weighted by molar-refractivity contribution is 0.0697. The molecular formula is C10H10N2O3. The molecule has 0 aliphatic carbocycles. The number of carboxylic acid groups (broad SMARTS) is 1. The van der Waals surface area contributed by atoms with Gasteiger partial charge < -0.3 is 10.1 Å². The van der Waals surface area contributed by atoms with Crippen LogP contribution in [0.3, 0.4) is 0 Å². The van der Waals surface area contributed by atoms with Gasteiger partial charge >= 0.3 is 11.7 Å². The second kappa shape index (κ2) is 3.27. The topological polar surface area (TPSA) is 75.1 Å². The average molecular weight is 206 g/mol. The molecule has 0 saturated heterocycles. The Morgan fingerprint density at radius 3 is 2.87 bits per heavy atom. The zero-order chi connectivity index (χ0) is 11.0. The van der Waals surface area contributed by atoms with E-state index in [0.29, 0.717) is 17.6 Å². The van der Waals surface area contributed by atoms with Crippen molar-refractivity contribution < 1.29 is 9.90 Å². The summed E-state index contributed by atoms with van der Waals surface area (Å²) in [6, 6.07) is 4.58. The lowest BCUT2D eigenvalue weighted by Crippen LogP contribution is -2.15. The molecule has 0 bridgehead atoms. The van der Waals surface area contributed by atoms with Gasteiger partial charge in [0.05, 0.1) is 16.6 Å². The number of carboxylic acids is 1. The van der Waals surface area contributed by atoms with Crippen LogP contribution in [0, 0.1) is 0 Å². The molecule has 0 aliphatic heterocycles. The number of H-pyrrole nitrogens is 1. The van der Waals surface area contributed by atoms with Crippen molar-refractivity contribution in [3.63, 3.8) is 0 Å². The molecule has 0 spiro atoms. The maximum absolute atomic E-state index is 11.4. The molecule has 2 N–H and O–H groups in total. The van der Waals surface area contributed by atoms with Crippen LogP contribution < -0.4 is 5.69 Å². The van der Waals surface area contributed by atoms with Crippen molar-refractivity contribution in [1.29, 1.82) is 0 Å². The van der Waals surface area contributed by atoms with E-state index in [2.05, 4.69) is 4.98 Å². The number of aromatic nitrogens is 2. The summed E-state index contributed by atoms with van der Waals surface area (Å²) < 4.78 is 1.50. The molecule has 1 aromatic carbocycles. The van der Waals surface area contributed by atoms with Crippen LogP contribution in [0.5, 0.6) is 0 Å². The maximum Gasteiger partial charge on any atom is 0.335 e. The third-order valence-corrected chi connectivity index (χ3v) is 2.34. The lowest BCUT2D eigenvalue weighted by Gasteiger charge is -1.98. The van der Waals surface area contributed by atoms with Gasteiger partial charge in [0.25, 0.3) is 0 Å². The van der Waals surface area contributed by atoms with E-state index in [0.717, 1.165) is 0 Å². The van der Waals surface area contributed by atoms with Crippen LogP contribution in [-0.4, -0.2) is 20.6 Å². The predicted molar refractivity (Wildman–Crippen MR) is 55.2 cm³/mol. The van der Waals surface area contributed by atoms with Gasteiger partial charge in [-0.3, -0.25) is 4.57 Å². The third-order valence-electron chi connectivity index (χ3n) is 2.34. The van der Waals surface area contributed by atoms with Crippen LogP contribution in [0.25, 0.3) is 11.0 Å². The number of nitrogens with zero attached hydrogens (tertiary/aromatic N) is 1. The van der Waals surface area contributed by atoms with Crippen LogP contribution in [-0.2, 0) is 6.54 Å². The Kier molecular flexibility index (Phi) is 2.07. The number of imidazole rings is 1. The van der Waals surface area contributed by atoms with Crippen LogP contribution in [0.4, 0.5) is 0 Å². The molecule has 0 radical (unpaired) electrons. The second-order valence-electron chi connectivity index (χ2n) is 3.21. The maximum atomic E-state index is 11.4. The molecule has 2 rings (SSSR count). The molecule has 0 saturated carbocycles. The Morgan fingerprint density at radius 2 is 2.27 bits per heavy atom. The van der Waals surface area contributed by atoms with Gasteiger partial charge in [0.2, 0.25) is 0 Å². The first-order chi connectivity index (χ1) is 7.13. The molecule has 0 amide bonds. The highest BCUT2D eigenvalue weighted by atomic mass is 16.4. The van der Waals surface area contributed by atoms with Crippen molar-refractivity contribution in [1.82, 2.24) is 9.55 Å². The number of carbonyl (C=O) groups is 1. The Balaban J connectivity index is 2.79. The normalized spacial score (nSPS) is 10.7. The summed E-state index contributed by atoms with van der Waals surface area (Å²) in [6.07, 6.45) is 0. The molecule has 1 aromatic heterocycles. The quantitative estimate of drug-likeness (QED) is 0.771. The number of rotatable bonds is 2. The summed E-state index contributed by atoms with van der Waals surface area (Å²) in [4.78, 5) is 24.8. The third kappa shape index (κ3) is 1.41. The minimum Gasteiger partial charge on any atom is -0.478 e. The van der Waals surface area contributed by atoms with E-state index < -0.39 is 5.97 Å². The zero-order valence-corrected chi connectivity index (χ0v) is 8.15. The predicted octanol–water partition coefficient (Wildman–Crippen LogP) is 1.05. The summed E-state index contributed by atoms with van der Waals surface area (Å²) in [5.74, 6) is -0.992. The summed E-state index contributed by atoms with van der Waals surface area (Å²) in [5.41, 5.74) is 1.26. The van der Waals surface area contributed by atoms with Gasteiger partial charge in [-0.05, 0) is 25.1 Å². The van der Waals surface area contributed by atoms with Crippen molar-refractivity contribution in [2.75, 3.05) is 0 Å². The highest BCUT2D eigenvalue weighted by Crippen LogP contribution is 2.12. The van der Waals surface area contributed by atoms with Gasteiger partial charge in [0, 0.05) is 6.54 Å². The molecule has 5 nitrogen and oxygen atoms in total. The number of fused-ring (bicyclic) bond motifs is 1. The largest absolute Gasteiger partial charge is 0.478 e. The molecule has 0 atom stereocenters. The van der Waals surface area contributed by atoms with E-state index in [4.69, 9.17) is 5.11 Å². The van der Waals surface area contributed by atoms with Crippen molar-refractivity contribution in [3.8, 4) is 0 Å². The van der Waals surface area contributed by atoms with Gasteiger partial charge in [-0.1, -0.05) is 0 Å². The van der Waals surface area contributed by atoms with E-state index >= 15 is 0 Å². The fourth-order valence-electron chi connectivity index (χ4n) is 1.60. The van der Waals surface area contributed by atoms with Crippen LogP contribution >= 0.6 is 0 Å². The molecule has 5 heteroatoms. The number of hydrogen-bond donors (Lipinski definition) is 2. The second-order valence-corrected chi connectivity index (χ2v) is 3.21. The van der Waals surface area contributed by atoms with E-state index in [1.807, 2.05) is 6.92 Å². The SMILES string of the molecule is CCn1c(=O)[nH]c2ccc(C(=O)O)cc21. The van der Waals surface area contributed by atoms with Gasteiger partial charge in [0.15, 0.2) is 0 Å². The number of aromatic amines is 1. The number of hydrogen-bond acceptors (Lipinski definition) is 2. The first kappa shape index (κ1) is 9.51. The summed E-state index contributed by atoms with van der Waals surface area (Å²) in [6.45, 7) is 2.35. The summed E-state index contributed by atoms with van der Waals surface area (Å²) in [5, 5.41) is 8.82. The Hall–Kier alpha value is -2.04. The van der Waals surface area contributed by atoms with Crippen molar-refractivity contribution in [2.24, 2.45) is 0 Å². The molecule has 15 heavy (non-hydrogen) atoms. The summed E-state index contributed by atoms with van der Waals surface area (Å²) in [7, 11) is 0. The van der Waals surface area contributed by atoms with Crippen LogP contribution in [0.15, 0.2) is 23.0 Å². The first-order valence-electron chi connectivity index (χ1n) is 4.59. The Bertz CT molecular complexity index is 580. The van der Waals surface area contributed by atoms with Crippen LogP contribution in [0.1, 0.15) is 17.3 Å². The average Bonchev–Trinajstić information content (AvgIpc) is 2.51. The first-order valence-corrected chi connectivity index (χ1v) is 4.59. The van der Waals surface area contributed by atoms with E-state index in [-0.39, 0.29) is 11.3 Å². The number of nitrogens with one attached hydrogen (secondary N) is 1. The summed E-state index contributed by atoms with van der Waals surface area (Å²) >= 11 is 0. The smallest absolute Gasteiger partial charge is 0.335 e. The molecule has 78 valence electrons. The van der Waals surface area contributed by atoms with Gasteiger partial charge in [-0.15, -0.1) is 0 Å².